The number of imide groups is 2. The van der Waals surface area contributed by atoms with E-state index in [4.69, 9.17) is 23.2 Å². The number of hydrogen-bond acceptors (Lipinski definition) is 4. The summed E-state index contributed by atoms with van der Waals surface area (Å²) in [7, 11) is 0. The second kappa shape index (κ2) is 7.28. The molecule has 1 aliphatic heterocycles. The van der Waals surface area contributed by atoms with Gasteiger partial charge in [-0.1, -0.05) is 29.3 Å². The Morgan fingerprint density at radius 3 is 2.52 bits per heavy atom. The van der Waals surface area contributed by atoms with Gasteiger partial charge in [0, 0.05) is 6.54 Å². The Kier molecular flexibility index (Phi) is 5.54. The molecule has 1 aromatic rings. The average Bonchev–Trinajstić information content (AvgIpc) is 2.74. The molecule has 8 nitrogen and oxygen atoms in total. The standard InChI is InChI=1S/C15H16Cl2N4O4/c1-3-18-13(24)19-11(22)7-21-12(23)15(2,20-14(21)25)8-4-5-9(16)10(17)6-8/h4-6H,3,7H2,1-2H3,(H,20,25)(H2,18,19,22,24). The van der Waals surface area contributed by atoms with Crippen molar-refractivity contribution in [3.63, 3.8) is 0 Å². The monoisotopic (exact) mass is 386 g/mol. The lowest BCUT2D eigenvalue weighted by Gasteiger charge is -2.22. The minimum Gasteiger partial charge on any atom is -0.338 e. The number of nitrogens with zero attached hydrogens (tertiary/aromatic N) is 1. The molecule has 0 bridgehead atoms. The molecule has 2 rings (SSSR count). The van der Waals surface area contributed by atoms with Gasteiger partial charge in [0.2, 0.25) is 5.91 Å². The van der Waals surface area contributed by atoms with Gasteiger partial charge in [-0.3, -0.25) is 19.8 Å². The van der Waals surface area contributed by atoms with Crippen LogP contribution in [0, 0.1) is 0 Å². The molecule has 6 amide bonds. The van der Waals surface area contributed by atoms with Crippen LogP contribution < -0.4 is 16.0 Å². The molecule has 1 atom stereocenters. The maximum Gasteiger partial charge on any atom is 0.325 e. The van der Waals surface area contributed by atoms with Crippen molar-refractivity contribution in [1.29, 1.82) is 0 Å². The van der Waals surface area contributed by atoms with E-state index in [1.54, 1.807) is 13.0 Å². The highest BCUT2D eigenvalue weighted by Gasteiger charge is 2.49. The Labute approximate surface area is 153 Å². The molecule has 10 heteroatoms. The predicted molar refractivity (Wildman–Crippen MR) is 91.3 cm³/mol. The summed E-state index contributed by atoms with van der Waals surface area (Å²) in [5, 5.41) is 7.48. The predicted octanol–water partition coefficient (Wildman–Crippen LogP) is 1.61. The second-order valence-electron chi connectivity index (χ2n) is 5.48. The van der Waals surface area contributed by atoms with Crippen LogP contribution in [0.15, 0.2) is 18.2 Å². The molecule has 0 spiro atoms. The SMILES string of the molecule is CCNC(=O)NC(=O)CN1C(=O)NC(C)(c2ccc(Cl)c(Cl)c2)C1=O. The van der Waals surface area contributed by atoms with E-state index < -0.39 is 36.0 Å². The molecule has 1 heterocycles. The summed E-state index contributed by atoms with van der Waals surface area (Å²) in [5.41, 5.74) is -0.969. The van der Waals surface area contributed by atoms with Crippen LogP contribution in [-0.2, 0) is 15.1 Å². The highest BCUT2D eigenvalue weighted by Crippen LogP contribution is 2.32. The molecule has 1 fully saturated rings. The van der Waals surface area contributed by atoms with Crippen molar-refractivity contribution in [2.24, 2.45) is 0 Å². The fraction of sp³-hybridized carbons (Fsp3) is 0.333. The third-order valence-electron chi connectivity index (χ3n) is 3.66. The minimum absolute atomic E-state index is 0.231. The van der Waals surface area contributed by atoms with E-state index in [1.807, 2.05) is 5.32 Å². The van der Waals surface area contributed by atoms with Gasteiger partial charge < -0.3 is 10.6 Å². The second-order valence-corrected chi connectivity index (χ2v) is 6.30. The van der Waals surface area contributed by atoms with E-state index in [0.717, 1.165) is 4.90 Å². The Morgan fingerprint density at radius 1 is 1.24 bits per heavy atom. The first kappa shape index (κ1) is 19.0. The lowest BCUT2D eigenvalue weighted by molar-refractivity contribution is -0.134. The van der Waals surface area contributed by atoms with Gasteiger partial charge in [-0.25, -0.2) is 9.59 Å². The Bertz CT molecular complexity index is 755. The van der Waals surface area contributed by atoms with E-state index in [0.29, 0.717) is 17.1 Å². The first-order valence-corrected chi connectivity index (χ1v) is 8.12. The Morgan fingerprint density at radius 2 is 1.92 bits per heavy atom. The van der Waals surface area contributed by atoms with E-state index in [1.165, 1.54) is 19.1 Å². The van der Waals surface area contributed by atoms with Crippen LogP contribution in [-0.4, -0.2) is 41.9 Å². The molecule has 0 aromatic heterocycles. The zero-order valence-electron chi connectivity index (χ0n) is 13.5. The number of benzene rings is 1. The van der Waals surface area contributed by atoms with Gasteiger partial charge in [-0.2, -0.15) is 0 Å². The Balaban J connectivity index is 2.17. The van der Waals surface area contributed by atoms with Crippen LogP contribution in [0.1, 0.15) is 19.4 Å². The van der Waals surface area contributed by atoms with Gasteiger partial charge in [0.05, 0.1) is 10.0 Å². The zero-order chi connectivity index (χ0) is 18.8. The number of nitrogens with one attached hydrogen (secondary N) is 3. The number of urea groups is 2. The van der Waals surface area contributed by atoms with Crippen LogP contribution >= 0.6 is 23.2 Å². The molecule has 3 N–H and O–H groups in total. The van der Waals surface area contributed by atoms with Gasteiger partial charge in [-0.15, -0.1) is 0 Å². The number of halogens is 2. The molecule has 25 heavy (non-hydrogen) atoms. The summed E-state index contributed by atoms with van der Waals surface area (Å²) in [5.74, 6) is -1.42. The summed E-state index contributed by atoms with van der Waals surface area (Å²) in [4.78, 5) is 48.7. The summed E-state index contributed by atoms with van der Waals surface area (Å²) >= 11 is 11.8. The van der Waals surface area contributed by atoms with Crippen molar-refractivity contribution in [2.75, 3.05) is 13.1 Å². The van der Waals surface area contributed by atoms with E-state index >= 15 is 0 Å². The van der Waals surface area contributed by atoms with Crippen LogP contribution in [0.2, 0.25) is 10.0 Å². The summed E-state index contributed by atoms with van der Waals surface area (Å²) in [6, 6.07) is 3.09. The number of hydrogen-bond donors (Lipinski definition) is 3. The molecule has 1 aliphatic rings. The molecular formula is C15H16Cl2N4O4. The van der Waals surface area contributed by atoms with Gasteiger partial charge in [0.25, 0.3) is 5.91 Å². The van der Waals surface area contributed by atoms with Gasteiger partial charge in [-0.05, 0) is 31.5 Å². The lowest BCUT2D eigenvalue weighted by atomic mass is 9.92. The number of carbonyl (C=O) groups is 4. The maximum atomic E-state index is 12.7. The highest BCUT2D eigenvalue weighted by atomic mass is 35.5. The molecular weight excluding hydrogens is 371 g/mol. The molecule has 1 unspecified atom stereocenters. The van der Waals surface area contributed by atoms with E-state index in [-0.39, 0.29) is 5.02 Å². The first-order chi connectivity index (χ1) is 11.7. The molecule has 1 saturated heterocycles. The van der Waals surface area contributed by atoms with Crippen molar-refractivity contribution < 1.29 is 19.2 Å². The average molecular weight is 387 g/mol. The third-order valence-corrected chi connectivity index (χ3v) is 4.40. The maximum absolute atomic E-state index is 12.7. The van der Waals surface area contributed by atoms with Crippen molar-refractivity contribution in [1.82, 2.24) is 20.9 Å². The summed E-state index contributed by atoms with van der Waals surface area (Å²) in [6.45, 7) is 2.93. The normalized spacial score (nSPS) is 19.6. The van der Waals surface area contributed by atoms with Gasteiger partial charge in [0.15, 0.2) is 0 Å². The van der Waals surface area contributed by atoms with Crippen LogP contribution in [0.4, 0.5) is 9.59 Å². The molecule has 0 radical (unpaired) electrons. The fourth-order valence-corrected chi connectivity index (χ4v) is 2.66. The zero-order valence-corrected chi connectivity index (χ0v) is 15.0. The van der Waals surface area contributed by atoms with Gasteiger partial charge in [0.1, 0.15) is 12.1 Å². The molecule has 1 aromatic carbocycles. The first-order valence-electron chi connectivity index (χ1n) is 7.36. The third kappa shape index (κ3) is 3.85. The lowest BCUT2D eigenvalue weighted by Crippen LogP contribution is -2.46. The van der Waals surface area contributed by atoms with Crippen LogP contribution in [0.25, 0.3) is 0 Å². The number of carbonyl (C=O) groups excluding carboxylic acids is 4. The molecule has 0 aliphatic carbocycles. The quantitative estimate of drug-likeness (QED) is 0.682. The fourth-order valence-electron chi connectivity index (χ4n) is 2.36. The summed E-state index contributed by atoms with van der Waals surface area (Å²) < 4.78 is 0. The highest BCUT2D eigenvalue weighted by molar-refractivity contribution is 6.42. The molecule has 134 valence electrons. The van der Waals surface area contributed by atoms with Crippen molar-refractivity contribution in [3.05, 3.63) is 33.8 Å². The van der Waals surface area contributed by atoms with Crippen molar-refractivity contribution >= 4 is 47.1 Å². The van der Waals surface area contributed by atoms with E-state index in [2.05, 4.69) is 10.6 Å². The van der Waals surface area contributed by atoms with Crippen LogP contribution in [0.5, 0.6) is 0 Å². The largest absolute Gasteiger partial charge is 0.338 e. The molecule has 0 saturated carbocycles. The number of rotatable bonds is 4. The Hall–Kier alpha value is -2.32. The number of amides is 6. The van der Waals surface area contributed by atoms with Crippen molar-refractivity contribution in [3.8, 4) is 0 Å². The van der Waals surface area contributed by atoms with Gasteiger partial charge >= 0.3 is 12.1 Å². The van der Waals surface area contributed by atoms with Crippen LogP contribution in [0.3, 0.4) is 0 Å². The minimum atomic E-state index is -1.39. The topological polar surface area (TPSA) is 108 Å². The summed E-state index contributed by atoms with van der Waals surface area (Å²) in [6.07, 6.45) is 0. The van der Waals surface area contributed by atoms with E-state index in [9.17, 15) is 19.2 Å². The smallest absolute Gasteiger partial charge is 0.325 e. The van der Waals surface area contributed by atoms with Crippen molar-refractivity contribution in [2.45, 2.75) is 19.4 Å².